The Morgan fingerprint density at radius 3 is 2.68 bits per heavy atom. The molecule has 1 aliphatic carbocycles. The molecule has 4 atom stereocenters. The molecule has 3 N–H and O–H groups in total. The largest absolute Gasteiger partial charge is 0.454 e. The lowest BCUT2D eigenvalue weighted by atomic mass is 9.70. The van der Waals surface area contributed by atoms with Crippen molar-refractivity contribution in [2.45, 2.75) is 49.5 Å². The maximum atomic E-state index is 13.5. The predicted molar refractivity (Wildman–Crippen MR) is 129 cm³/mol. The van der Waals surface area contributed by atoms with Crippen LogP contribution in [0.1, 0.15) is 41.9 Å². The third kappa shape index (κ3) is 3.84. The number of fused-ring (bicyclic) bond motifs is 2. The zero-order valence-corrected chi connectivity index (χ0v) is 19.7. The number of hydrogen-bond donors (Lipinski definition) is 3. The summed E-state index contributed by atoms with van der Waals surface area (Å²) >= 11 is 1.66. The molecule has 1 fully saturated rings. The Morgan fingerprint density at radius 2 is 1.82 bits per heavy atom. The normalized spacial score (nSPS) is 27.6. The molecule has 6 rings (SSSR count). The summed E-state index contributed by atoms with van der Waals surface area (Å²) in [6.45, 7) is 2.26. The van der Waals surface area contributed by atoms with Gasteiger partial charge in [-0.15, -0.1) is 11.8 Å². The van der Waals surface area contributed by atoms with Crippen LogP contribution in [-0.4, -0.2) is 30.1 Å². The summed E-state index contributed by atoms with van der Waals surface area (Å²) in [5, 5.41) is 10.3. The fourth-order valence-corrected chi connectivity index (χ4v) is 6.33. The summed E-state index contributed by atoms with van der Waals surface area (Å²) in [5.41, 5.74) is 4.84. The van der Waals surface area contributed by atoms with Gasteiger partial charge in [0.05, 0.1) is 12.1 Å². The Bertz CT molecular complexity index is 1180. The second-order valence-corrected chi connectivity index (χ2v) is 10.4. The van der Waals surface area contributed by atoms with E-state index in [9.17, 15) is 9.59 Å². The Labute approximate surface area is 202 Å². The minimum Gasteiger partial charge on any atom is -0.454 e. The number of aryl methyl sites for hydroxylation is 1. The lowest BCUT2D eigenvalue weighted by Gasteiger charge is -2.47. The number of carbonyl (C=O) groups excluding carboxylic acids is 2. The molecule has 0 spiro atoms. The number of thioether (sulfide) groups is 1. The van der Waals surface area contributed by atoms with Crippen LogP contribution in [0.3, 0.4) is 0 Å². The molecule has 1 amide bonds. The molecular weight excluding hydrogens is 450 g/mol. The molecule has 2 aromatic rings. The van der Waals surface area contributed by atoms with Crippen LogP contribution < -0.4 is 25.4 Å². The monoisotopic (exact) mass is 477 g/mol. The van der Waals surface area contributed by atoms with E-state index in [2.05, 4.69) is 47.1 Å². The number of rotatable bonds is 4. The van der Waals surface area contributed by atoms with Crippen molar-refractivity contribution in [3.05, 3.63) is 70.4 Å². The number of ketones is 1. The molecule has 3 heterocycles. The van der Waals surface area contributed by atoms with Gasteiger partial charge in [-0.1, -0.05) is 35.9 Å². The Morgan fingerprint density at radius 1 is 1.00 bits per heavy atom. The van der Waals surface area contributed by atoms with E-state index in [-0.39, 0.29) is 36.1 Å². The summed E-state index contributed by atoms with van der Waals surface area (Å²) in [4.78, 5) is 26.6. The fraction of sp³-hybridized carbons (Fsp3) is 0.385. The minimum atomic E-state index is -0.447. The first kappa shape index (κ1) is 21.6. The van der Waals surface area contributed by atoms with Crippen molar-refractivity contribution in [3.8, 4) is 11.5 Å². The third-order valence-electron chi connectivity index (χ3n) is 7.02. The minimum absolute atomic E-state index is 0.0507. The van der Waals surface area contributed by atoms with Gasteiger partial charge in [-0.05, 0) is 43.0 Å². The smallest absolute Gasteiger partial charge is 0.231 e. The van der Waals surface area contributed by atoms with Crippen molar-refractivity contribution in [2.75, 3.05) is 6.79 Å². The lowest BCUT2D eigenvalue weighted by molar-refractivity contribution is -0.130. The van der Waals surface area contributed by atoms with Gasteiger partial charge in [-0.25, -0.2) is 0 Å². The summed E-state index contributed by atoms with van der Waals surface area (Å²) in [7, 11) is 0. The number of nitrogens with one attached hydrogen (secondary N) is 3. The van der Waals surface area contributed by atoms with Crippen LogP contribution in [0.5, 0.6) is 11.5 Å². The summed E-state index contributed by atoms with van der Waals surface area (Å²) in [6, 6.07) is 14.2. The van der Waals surface area contributed by atoms with Crippen LogP contribution >= 0.6 is 11.8 Å². The number of allylic oxidation sites excluding steroid dienone is 2. The molecule has 4 unspecified atom stereocenters. The van der Waals surface area contributed by atoms with Crippen molar-refractivity contribution < 1.29 is 19.1 Å². The van der Waals surface area contributed by atoms with Crippen molar-refractivity contribution in [2.24, 2.45) is 5.92 Å². The molecule has 0 bridgehead atoms. The molecule has 176 valence electrons. The molecule has 0 saturated carbocycles. The van der Waals surface area contributed by atoms with E-state index in [4.69, 9.17) is 9.47 Å². The second-order valence-electron chi connectivity index (χ2n) is 9.26. The van der Waals surface area contributed by atoms with Gasteiger partial charge in [0.2, 0.25) is 12.7 Å². The first-order chi connectivity index (χ1) is 16.6. The van der Waals surface area contributed by atoms with E-state index in [1.165, 1.54) is 11.1 Å². The summed E-state index contributed by atoms with van der Waals surface area (Å²) < 4.78 is 11.1. The maximum Gasteiger partial charge on any atom is 0.231 e. The number of amides is 1. The molecule has 0 radical (unpaired) electrons. The number of ether oxygens (including phenoxy) is 2. The molecule has 8 heteroatoms. The highest BCUT2D eigenvalue weighted by Crippen LogP contribution is 2.46. The van der Waals surface area contributed by atoms with Crippen molar-refractivity contribution >= 4 is 23.5 Å². The number of hydrogen-bond acceptors (Lipinski definition) is 7. The zero-order valence-electron chi connectivity index (χ0n) is 18.9. The molecular formula is C26H27N3O4S. The van der Waals surface area contributed by atoms with Crippen molar-refractivity contribution in [3.63, 3.8) is 0 Å². The number of benzene rings is 2. The topological polar surface area (TPSA) is 88.7 Å². The van der Waals surface area contributed by atoms with E-state index in [1.807, 2.05) is 18.2 Å². The van der Waals surface area contributed by atoms with Gasteiger partial charge >= 0.3 is 0 Å². The van der Waals surface area contributed by atoms with Gasteiger partial charge in [0.25, 0.3) is 0 Å². The van der Waals surface area contributed by atoms with Gasteiger partial charge in [-0.2, -0.15) is 0 Å². The van der Waals surface area contributed by atoms with Crippen LogP contribution in [0.4, 0.5) is 0 Å². The highest BCUT2D eigenvalue weighted by atomic mass is 32.2. The zero-order chi connectivity index (χ0) is 23.2. The molecule has 1 saturated heterocycles. The first-order valence-corrected chi connectivity index (χ1v) is 12.8. The highest BCUT2D eigenvalue weighted by Gasteiger charge is 2.49. The highest BCUT2D eigenvalue weighted by molar-refractivity contribution is 7.99. The standard InChI is InChI=1S/C26H27N3O4S/c1-14-5-7-15(8-6-14)12-34-26-28-24-23(25(31)29-26)21(22-17(27-24)3-2-4-18(22)30)16-9-10-19-20(11-16)33-13-32-19/h5-11,21,23-24,26-28H,2-4,12-13H2,1H3,(H,29,31). The van der Waals surface area contributed by atoms with Crippen LogP contribution in [0.25, 0.3) is 0 Å². The van der Waals surface area contributed by atoms with Crippen LogP contribution in [0.2, 0.25) is 0 Å². The Kier molecular flexibility index (Phi) is 5.50. The van der Waals surface area contributed by atoms with Crippen LogP contribution in [-0.2, 0) is 15.3 Å². The number of carbonyl (C=O) groups is 2. The third-order valence-corrected chi connectivity index (χ3v) is 8.10. The molecule has 0 aromatic heterocycles. The van der Waals surface area contributed by atoms with E-state index in [0.717, 1.165) is 35.4 Å². The Balaban J connectivity index is 1.29. The van der Waals surface area contributed by atoms with E-state index >= 15 is 0 Å². The van der Waals surface area contributed by atoms with E-state index in [0.29, 0.717) is 17.9 Å². The molecule has 7 nitrogen and oxygen atoms in total. The SMILES string of the molecule is Cc1ccc(CSC2NC(=O)C3C(NC4=C(C(=O)CCC4)C3c3ccc4c(c3)OCO4)N2)cc1. The average molecular weight is 478 g/mol. The van der Waals surface area contributed by atoms with Crippen molar-refractivity contribution in [1.29, 1.82) is 0 Å². The summed E-state index contributed by atoms with van der Waals surface area (Å²) in [6.07, 6.45) is 1.90. The lowest BCUT2D eigenvalue weighted by Crippen LogP contribution is -2.67. The molecule has 2 aromatic carbocycles. The van der Waals surface area contributed by atoms with Crippen molar-refractivity contribution in [1.82, 2.24) is 16.0 Å². The van der Waals surface area contributed by atoms with Gasteiger partial charge < -0.3 is 20.1 Å². The van der Waals surface area contributed by atoms with E-state index < -0.39 is 5.92 Å². The summed E-state index contributed by atoms with van der Waals surface area (Å²) in [5.74, 6) is 1.43. The predicted octanol–water partition coefficient (Wildman–Crippen LogP) is 3.30. The Hall–Kier alpha value is -2.97. The first-order valence-electron chi connectivity index (χ1n) is 11.7. The van der Waals surface area contributed by atoms with Gasteiger partial charge in [0, 0.05) is 29.4 Å². The van der Waals surface area contributed by atoms with Gasteiger partial charge in [0.1, 0.15) is 5.50 Å². The quantitative estimate of drug-likeness (QED) is 0.623. The molecule has 34 heavy (non-hydrogen) atoms. The average Bonchev–Trinajstić information content (AvgIpc) is 3.30. The van der Waals surface area contributed by atoms with Gasteiger partial charge in [-0.3, -0.25) is 14.9 Å². The van der Waals surface area contributed by atoms with Crippen LogP contribution in [0.15, 0.2) is 53.7 Å². The van der Waals surface area contributed by atoms with Gasteiger partial charge in [0.15, 0.2) is 17.3 Å². The van der Waals surface area contributed by atoms with Crippen LogP contribution in [0, 0.1) is 12.8 Å². The maximum absolute atomic E-state index is 13.5. The molecule has 3 aliphatic heterocycles. The van der Waals surface area contributed by atoms with E-state index in [1.54, 1.807) is 11.8 Å². The second kappa shape index (κ2) is 8.67. The fourth-order valence-electron chi connectivity index (χ4n) is 5.34. The molecule has 4 aliphatic rings. The number of Topliss-reactive ketones (excluding diaryl/α,β-unsaturated/α-hetero) is 1.